The van der Waals surface area contributed by atoms with Gasteiger partial charge in [0.2, 0.25) is 11.8 Å². The van der Waals surface area contributed by atoms with Gasteiger partial charge in [-0.1, -0.05) is 12.1 Å². The summed E-state index contributed by atoms with van der Waals surface area (Å²) in [6.07, 6.45) is 1.69. The molecule has 0 saturated carbocycles. The summed E-state index contributed by atoms with van der Waals surface area (Å²) < 4.78 is 5.41. The zero-order valence-electron chi connectivity index (χ0n) is 18.0. The Balaban J connectivity index is 2.01. The molecule has 2 aromatic carbocycles. The van der Waals surface area contributed by atoms with Crippen molar-refractivity contribution in [1.29, 1.82) is 0 Å². The summed E-state index contributed by atoms with van der Waals surface area (Å²) in [5, 5.41) is 24.6. The van der Waals surface area contributed by atoms with E-state index in [1.165, 1.54) is 47.9 Å². The molecule has 33 heavy (non-hydrogen) atoms. The SMILES string of the molecule is CNC(=O)CCCCNC(=O)c1ccc(B(O)Oc2cc(C(N)=O)ccc2C(=O)NO)cc1. The van der Waals surface area contributed by atoms with Crippen molar-refractivity contribution in [2.24, 2.45) is 5.73 Å². The largest absolute Gasteiger partial charge is 0.560 e. The lowest BCUT2D eigenvalue weighted by atomic mass is 9.79. The number of unbranched alkanes of at least 4 members (excludes halogenated alkanes) is 1. The molecule has 174 valence electrons. The summed E-state index contributed by atoms with van der Waals surface area (Å²) in [6, 6.07) is 9.58. The van der Waals surface area contributed by atoms with Crippen LogP contribution in [0.5, 0.6) is 5.75 Å². The van der Waals surface area contributed by atoms with E-state index < -0.39 is 18.9 Å². The van der Waals surface area contributed by atoms with E-state index in [1.54, 1.807) is 7.05 Å². The van der Waals surface area contributed by atoms with Gasteiger partial charge in [0.05, 0.1) is 5.56 Å². The zero-order chi connectivity index (χ0) is 24.4. The Morgan fingerprint density at radius 1 is 1.00 bits per heavy atom. The molecule has 0 spiro atoms. The normalized spacial score (nSPS) is 10.2. The number of hydrogen-bond acceptors (Lipinski definition) is 7. The van der Waals surface area contributed by atoms with Crippen molar-refractivity contribution in [2.75, 3.05) is 13.6 Å². The van der Waals surface area contributed by atoms with Crippen LogP contribution in [-0.4, -0.2) is 54.6 Å². The molecule has 0 aliphatic heterocycles. The fourth-order valence-corrected chi connectivity index (χ4v) is 2.85. The lowest BCUT2D eigenvalue weighted by Gasteiger charge is -2.14. The predicted octanol–water partition coefficient (Wildman–Crippen LogP) is -0.683. The molecule has 0 aliphatic rings. The van der Waals surface area contributed by atoms with Crippen LogP contribution in [-0.2, 0) is 4.79 Å². The third-order valence-corrected chi connectivity index (χ3v) is 4.70. The Morgan fingerprint density at radius 3 is 2.27 bits per heavy atom. The average Bonchev–Trinajstić information content (AvgIpc) is 2.82. The van der Waals surface area contributed by atoms with Gasteiger partial charge >= 0.3 is 7.12 Å². The van der Waals surface area contributed by atoms with Crippen LogP contribution in [0.3, 0.4) is 0 Å². The van der Waals surface area contributed by atoms with Gasteiger partial charge in [-0.3, -0.25) is 24.4 Å². The van der Waals surface area contributed by atoms with E-state index >= 15 is 0 Å². The second kappa shape index (κ2) is 12.2. The van der Waals surface area contributed by atoms with E-state index in [9.17, 15) is 24.2 Å². The van der Waals surface area contributed by atoms with Gasteiger partial charge < -0.3 is 26.0 Å². The van der Waals surface area contributed by atoms with Crippen LogP contribution in [0.4, 0.5) is 0 Å². The van der Waals surface area contributed by atoms with Gasteiger partial charge in [-0.05, 0) is 48.6 Å². The van der Waals surface area contributed by atoms with Crippen LogP contribution in [0.2, 0.25) is 0 Å². The van der Waals surface area contributed by atoms with Gasteiger partial charge in [-0.25, -0.2) is 5.48 Å². The van der Waals surface area contributed by atoms with Crippen molar-refractivity contribution >= 4 is 36.2 Å². The Hall–Kier alpha value is -3.90. The van der Waals surface area contributed by atoms with Crippen LogP contribution in [0.25, 0.3) is 0 Å². The summed E-state index contributed by atoms with van der Waals surface area (Å²) in [5.41, 5.74) is 7.23. The minimum Gasteiger partial charge on any atom is -0.532 e. The molecule has 0 radical (unpaired) electrons. The number of rotatable bonds is 11. The number of nitrogens with one attached hydrogen (secondary N) is 3. The average molecular weight is 456 g/mol. The van der Waals surface area contributed by atoms with Gasteiger partial charge in [0, 0.05) is 31.1 Å². The second-order valence-corrected chi connectivity index (χ2v) is 6.99. The first-order valence-corrected chi connectivity index (χ1v) is 10.1. The molecule has 2 aromatic rings. The zero-order valence-corrected chi connectivity index (χ0v) is 18.0. The molecular weight excluding hydrogens is 431 g/mol. The Labute approximate surface area is 190 Å². The summed E-state index contributed by atoms with van der Waals surface area (Å²) in [7, 11) is 0.0267. The van der Waals surface area contributed by atoms with E-state index in [0.29, 0.717) is 31.4 Å². The first-order chi connectivity index (χ1) is 15.8. The van der Waals surface area contributed by atoms with Crippen LogP contribution in [0.1, 0.15) is 50.3 Å². The van der Waals surface area contributed by atoms with E-state index in [4.69, 9.17) is 15.6 Å². The molecule has 7 N–H and O–H groups in total. The standard InChI is InChI=1S/C21H25BN4O7/c1-24-18(27)4-2-3-11-25-20(29)13-5-8-15(9-6-13)22(31)33-17-12-14(19(23)28)7-10-16(17)21(30)26-32/h5-10,12,31-32H,2-4,11H2,1H3,(H2,23,28)(H,24,27)(H,25,29)(H,26,30). The summed E-state index contributed by atoms with van der Waals surface area (Å²) in [5.74, 6) is -2.22. The molecule has 4 amide bonds. The first-order valence-electron chi connectivity index (χ1n) is 10.1. The topological polar surface area (TPSA) is 180 Å². The molecule has 2 rings (SSSR count). The predicted molar refractivity (Wildman–Crippen MR) is 119 cm³/mol. The number of amides is 4. The van der Waals surface area contributed by atoms with Crippen molar-refractivity contribution in [3.8, 4) is 5.75 Å². The smallest absolute Gasteiger partial charge is 0.532 e. The maximum Gasteiger partial charge on any atom is 0.560 e. The number of carbonyl (C=O) groups excluding carboxylic acids is 4. The molecule has 0 fully saturated rings. The minimum absolute atomic E-state index is 0.0361. The number of benzene rings is 2. The third kappa shape index (κ3) is 7.33. The maximum absolute atomic E-state index is 12.2. The van der Waals surface area contributed by atoms with Crippen molar-refractivity contribution in [1.82, 2.24) is 16.1 Å². The molecule has 0 saturated heterocycles. The fourth-order valence-electron chi connectivity index (χ4n) is 2.85. The maximum atomic E-state index is 12.2. The quantitative estimate of drug-likeness (QED) is 0.112. The second-order valence-electron chi connectivity index (χ2n) is 6.99. The molecule has 0 aliphatic carbocycles. The van der Waals surface area contributed by atoms with E-state index in [-0.39, 0.29) is 34.2 Å². The van der Waals surface area contributed by atoms with Crippen LogP contribution in [0.15, 0.2) is 42.5 Å². The Kier molecular flexibility index (Phi) is 9.39. The van der Waals surface area contributed by atoms with Crippen molar-refractivity contribution in [3.05, 3.63) is 59.2 Å². The lowest BCUT2D eigenvalue weighted by molar-refractivity contribution is -0.120. The van der Waals surface area contributed by atoms with Gasteiger partial charge in [0.15, 0.2) is 0 Å². The van der Waals surface area contributed by atoms with Crippen LogP contribution < -0.4 is 32.0 Å². The highest BCUT2D eigenvalue weighted by molar-refractivity contribution is 6.60. The van der Waals surface area contributed by atoms with Gasteiger partial charge in [0.1, 0.15) is 5.75 Å². The summed E-state index contributed by atoms with van der Waals surface area (Å²) in [6.45, 7) is 0.412. The monoisotopic (exact) mass is 456 g/mol. The van der Waals surface area contributed by atoms with Gasteiger partial charge in [-0.15, -0.1) is 0 Å². The van der Waals surface area contributed by atoms with E-state index in [0.717, 1.165) is 0 Å². The summed E-state index contributed by atoms with van der Waals surface area (Å²) >= 11 is 0. The molecule has 0 atom stereocenters. The highest BCUT2D eigenvalue weighted by Crippen LogP contribution is 2.21. The molecule has 0 unspecified atom stereocenters. The summed E-state index contributed by atoms with van der Waals surface area (Å²) in [4.78, 5) is 46.6. The third-order valence-electron chi connectivity index (χ3n) is 4.70. The van der Waals surface area contributed by atoms with E-state index in [1.807, 2.05) is 0 Å². The highest BCUT2D eigenvalue weighted by atomic mass is 16.5. The molecule has 0 heterocycles. The van der Waals surface area contributed by atoms with Gasteiger partial charge in [0.25, 0.3) is 11.8 Å². The van der Waals surface area contributed by atoms with Crippen LogP contribution in [0, 0.1) is 0 Å². The minimum atomic E-state index is -1.54. The number of hydrogen-bond donors (Lipinski definition) is 6. The number of carbonyl (C=O) groups is 4. The Bertz CT molecular complexity index is 1010. The van der Waals surface area contributed by atoms with Crippen molar-refractivity contribution in [3.63, 3.8) is 0 Å². The molecule has 0 aromatic heterocycles. The van der Waals surface area contributed by atoms with E-state index in [2.05, 4.69) is 10.6 Å². The first kappa shape index (κ1) is 25.4. The number of hydroxylamine groups is 1. The molecular formula is C21H25BN4O7. The molecule has 0 bridgehead atoms. The fraction of sp³-hybridized carbons (Fsp3) is 0.238. The molecule has 11 nitrogen and oxygen atoms in total. The van der Waals surface area contributed by atoms with Gasteiger partial charge in [-0.2, -0.15) is 0 Å². The van der Waals surface area contributed by atoms with Crippen LogP contribution >= 0.6 is 0 Å². The lowest BCUT2D eigenvalue weighted by Crippen LogP contribution is -2.37. The van der Waals surface area contributed by atoms with Crippen molar-refractivity contribution in [2.45, 2.75) is 19.3 Å². The number of primary amides is 1. The highest BCUT2D eigenvalue weighted by Gasteiger charge is 2.23. The molecule has 12 heteroatoms. The number of nitrogens with two attached hydrogens (primary N) is 1. The Morgan fingerprint density at radius 2 is 1.67 bits per heavy atom. The van der Waals surface area contributed by atoms with Crippen molar-refractivity contribution < 1.29 is 34.1 Å².